The summed E-state index contributed by atoms with van der Waals surface area (Å²) in [5.41, 5.74) is 14.2. The van der Waals surface area contributed by atoms with E-state index < -0.39 is 11.5 Å². The molecule has 2 heterocycles. The largest absolute Gasteiger partial charge is 0.369 e. The number of carbonyl (C=O) groups excluding carboxylic acids is 1. The molecule has 1 aromatic carbocycles. The lowest BCUT2D eigenvalue weighted by Crippen LogP contribution is -2.52. The van der Waals surface area contributed by atoms with Gasteiger partial charge in [-0.25, -0.2) is 4.99 Å². The van der Waals surface area contributed by atoms with Crippen LogP contribution in [-0.4, -0.2) is 29.9 Å². The van der Waals surface area contributed by atoms with Crippen molar-refractivity contribution >= 4 is 28.8 Å². The monoisotopic (exact) mass is 471 g/mol. The number of aliphatic imine (C=N–C) groups is 1. The summed E-state index contributed by atoms with van der Waals surface area (Å²) in [4.78, 5) is 22.0. The number of rotatable bonds is 4. The molecule has 1 aliphatic heterocycles. The van der Waals surface area contributed by atoms with Gasteiger partial charge in [-0.05, 0) is 61.4 Å². The molecule has 1 amide bonds. The molecule has 2 unspecified atom stereocenters. The van der Waals surface area contributed by atoms with Gasteiger partial charge in [-0.2, -0.15) is 5.26 Å². The van der Waals surface area contributed by atoms with Crippen LogP contribution in [0.4, 0.5) is 0 Å². The van der Waals surface area contributed by atoms with E-state index in [-0.39, 0.29) is 23.3 Å². The summed E-state index contributed by atoms with van der Waals surface area (Å²) < 4.78 is 0. The van der Waals surface area contributed by atoms with Crippen molar-refractivity contribution in [2.75, 3.05) is 7.05 Å². The maximum atomic E-state index is 13.6. The van der Waals surface area contributed by atoms with Crippen molar-refractivity contribution in [2.24, 2.45) is 16.5 Å². The minimum absolute atomic E-state index is 0.0124. The summed E-state index contributed by atoms with van der Waals surface area (Å²) in [6.07, 6.45) is 9.73. The van der Waals surface area contributed by atoms with Crippen molar-refractivity contribution < 1.29 is 4.79 Å². The van der Waals surface area contributed by atoms with Crippen molar-refractivity contribution in [3.8, 4) is 6.07 Å². The molecule has 7 heteroatoms. The average molecular weight is 472 g/mol. The lowest BCUT2D eigenvalue weighted by Gasteiger charge is -2.40. The second-order valence-electron chi connectivity index (χ2n) is 9.73. The fourth-order valence-electron chi connectivity index (χ4n) is 5.25. The summed E-state index contributed by atoms with van der Waals surface area (Å²) in [6, 6.07) is 14.6. The number of carbonyl (C=O) groups is 1. The van der Waals surface area contributed by atoms with Crippen molar-refractivity contribution in [1.29, 1.82) is 5.26 Å². The van der Waals surface area contributed by atoms with Crippen LogP contribution in [-0.2, 0) is 15.7 Å². The number of hydrogen-bond donors (Lipinski definition) is 2. The molecule has 3 aliphatic rings. The molecule has 5 rings (SSSR count). The Labute approximate surface area is 204 Å². The zero-order chi connectivity index (χ0) is 24.1. The summed E-state index contributed by atoms with van der Waals surface area (Å²) in [6.45, 7) is 1.99. The predicted octanol–water partition coefficient (Wildman–Crippen LogP) is 4.15. The number of likely N-dealkylation sites (N-methyl/N-ethyl adjacent to an activating group) is 1. The van der Waals surface area contributed by atoms with Gasteiger partial charge in [0.05, 0.1) is 17.4 Å². The zero-order valence-corrected chi connectivity index (χ0v) is 20.3. The van der Waals surface area contributed by atoms with Gasteiger partial charge in [-0.15, -0.1) is 11.3 Å². The number of benzene rings is 1. The second-order valence-corrected chi connectivity index (χ2v) is 10.8. The third kappa shape index (κ3) is 3.49. The van der Waals surface area contributed by atoms with E-state index in [0.717, 1.165) is 46.6 Å². The molecule has 0 saturated heterocycles. The fourth-order valence-corrected chi connectivity index (χ4v) is 6.41. The highest BCUT2D eigenvalue weighted by atomic mass is 32.1. The van der Waals surface area contributed by atoms with Gasteiger partial charge < -0.3 is 11.5 Å². The smallest absolute Gasteiger partial charge is 0.239 e. The van der Waals surface area contributed by atoms with E-state index >= 15 is 0 Å². The van der Waals surface area contributed by atoms with E-state index in [9.17, 15) is 10.1 Å². The standard InChI is InChI=1S/C27H29N5OS/c1-26(22-12-11-21(34-22)18-5-3-6-20(29)15-18)23(24(33)32(2)25(30)31-26)17-7-9-19(10-8-17)27(16-28)13-4-14-27/h3,5-12,20,23H,4,13-15,29H2,1-2H3,(H2,30,31)/t20?,23?,26-/m1/s1. The first-order valence-electron chi connectivity index (χ1n) is 11.7. The van der Waals surface area contributed by atoms with E-state index in [1.165, 1.54) is 10.5 Å². The molecule has 0 bridgehead atoms. The Morgan fingerprint density at radius 1 is 1.21 bits per heavy atom. The van der Waals surface area contributed by atoms with E-state index in [1.807, 2.05) is 43.3 Å². The van der Waals surface area contributed by atoms with Crippen LogP contribution >= 0.6 is 11.3 Å². The third-order valence-electron chi connectivity index (χ3n) is 7.58. The van der Waals surface area contributed by atoms with Crippen LogP contribution in [0.25, 0.3) is 5.57 Å². The summed E-state index contributed by atoms with van der Waals surface area (Å²) >= 11 is 1.64. The number of thiophene rings is 1. The van der Waals surface area contributed by atoms with Gasteiger partial charge >= 0.3 is 0 Å². The van der Waals surface area contributed by atoms with Crippen LogP contribution < -0.4 is 11.5 Å². The van der Waals surface area contributed by atoms with Crippen molar-refractivity contribution in [3.05, 3.63) is 75.5 Å². The van der Waals surface area contributed by atoms with Crippen LogP contribution in [0.1, 0.15) is 59.4 Å². The van der Waals surface area contributed by atoms with Gasteiger partial charge in [0.1, 0.15) is 5.54 Å². The lowest BCUT2D eigenvalue weighted by atomic mass is 9.65. The first-order chi connectivity index (χ1) is 16.3. The second kappa shape index (κ2) is 8.23. The molecule has 1 fully saturated rings. The lowest BCUT2D eigenvalue weighted by molar-refractivity contribution is -0.130. The molecule has 174 valence electrons. The molecule has 2 aromatic rings. The fraction of sp³-hybridized carbons (Fsp3) is 0.370. The van der Waals surface area contributed by atoms with Crippen LogP contribution in [0, 0.1) is 11.3 Å². The number of amides is 1. The third-order valence-corrected chi connectivity index (χ3v) is 8.97. The summed E-state index contributed by atoms with van der Waals surface area (Å²) in [5, 5.41) is 9.71. The van der Waals surface area contributed by atoms with Crippen LogP contribution in [0.2, 0.25) is 0 Å². The number of nitriles is 1. The number of hydrogen-bond acceptors (Lipinski definition) is 6. The number of guanidine groups is 1. The molecule has 2 aliphatic carbocycles. The summed E-state index contributed by atoms with van der Waals surface area (Å²) in [5.74, 6) is -0.388. The Morgan fingerprint density at radius 2 is 1.94 bits per heavy atom. The van der Waals surface area contributed by atoms with Crippen LogP contribution in [0.15, 0.2) is 59.6 Å². The number of nitrogens with two attached hydrogens (primary N) is 2. The SMILES string of the molecule is CN1C(=O)C(c2ccc(C3(C#N)CCC3)cc2)[C@@](C)(c2ccc(C3=CC=CC(N)C3)s2)N=C1N. The van der Waals surface area contributed by atoms with E-state index in [2.05, 4.69) is 24.3 Å². The molecule has 34 heavy (non-hydrogen) atoms. The Hall–Kier alpha value is -3.21. The number of allylic oxidation sites excluding steroid dienone is 2. The van der Waals surface area contributed by atoms with E-state index in [4.69, 9.17) is 16.5 Å². The minimum atomic E-state index is -0.839. The van der Waals surface area contributed by atoms with Crippen LogP contribution in [0.3, 0.4) is 0 Å². The molecule has 3 atom stereocenters. The van der Waals surface area contributed by atoms with Gasteiger partial charge in [0, 0.05) is 22.8 Å². The maximum Gasteiger partial charge on any atom is 0.239 e. The van der Waals surface area contributed by atoms with Gasteiger partial charge in [-0.1, -0.05) is 42.5 Å². The molecule has 6 nitrogen and oxygen atoms in total. The normalized spacial score (nSPS) is 28.1. The Bertz CT molecular complexity index is 1260. The molecular formula is C27H29N5OS. The van der Waals surface area contributed by atoms with E-state index in [0.29, 0.717) is 0 Å². The first kappa shape index (κ1) is 22.6. The predicted molar refractivity (Wildman–Crippen MR) is 136 cm³/mol. The molecule has 1 saturated carbocycles. The molecular weight excluding hydrogens is 442 g/mol. The Balaban J connectivity index is 1.55. The quantitative estimate of drug-likeness (QED) is 0.698. The van der Waals surface area contributed by atoms with Crippen LogP contribution in [0.5, 0.6) is 0 Å². The Morgan fingerprint density at radius 3 is 2.56 bits per heavy atom. The molecule has 1 aromatic heterocycles. The highest BCUT2D eigenvalue weighted by Gasteiger charge is 2.48. The zero-order valence-electron chi connectivity index (χ0n) is 19.5. The van der Waals surface area contributed by atoms with Crippen molar-refractivity contribution in [1.82, 2.24) is 4.90 Å². The van der Waals surface area contributed by atoms with Gasteiger partial charge in [-0.3, -0.25) is 9.69 Å². The average Bonchev–Trinajstić information content (AvgIpc) is 3.30. The molecule has 0 radical (unpaired) electrons. The first-order valence-corrected chi connectivity index (χ1v) is 12.5. The van der Waals surface area contributed by atoms with Crippen molar-refractivity contribution in [2.45, 2.75) is 55.5 Å². The van der Waals surface area contributed by atoms with E-state index in [1.54, 1.807) is 18.4 Å². The topological polar surface area (TPSA) is 108 Å². The highest BCUT2D eigenvalue weighted by molar-refractivity contribution is 7.13. The van der Waals surface area contributed by atoms with Gasteiger partial charge in [0.15, 0.2) is 5.96 Å². The highest BCUT2D eigenvalue weighted by Crippen LogP contribution is 2.48. The maximum absolute atomic E-state index is 13.6. The van der Waals surface area contributed by atoms with Gasteiger partial charge in [0.2, 0.25) is 5.91 Å². The minimum Gasteiger partial charge on any atom is -0.369 e. The summed E-state index contributed by atoms with van der Waals surface area (Å²) in [7, 11) is 1.67. The number of nitrogens with zero attached hydrogens (tertiary/aromatic N) is 3. The Kier molecular flexibility index (Phi) is 5.46. The van der Waals surface area contributed by atoms with Gasteiger partial charge in [0.25, 0.3) is 0 Å². The van der Waals surface area contributed by atoms with Crippen molar-refractivity contribution in [3.63, 3.8) is 0 Å². The molecule has 0 spiro atoms. The molecule has 4 N–H and O–H groups in total.